The number of amides is 1. The summed E-state index contributed by atoms with van der Waals surface area (Å²) in [4.78, 5) is 14.9. The van der Waals surface area contributed by atoms with Gasteiger partial charge in [-0.15, -0.1) is 10.2 Å². The first kappa shape index (κ1) is 24.4. The molecule has 4 rings (SSSR count). The van der Waals surface area contributed by atoms with Crippen LogP contribution in [0.3, 0.4) is 0 Å². The molecule has 180 valence electrons. The van der Waals surface area contributed by atoms with Gasteiger partial charge in [0.15, 0.2) is 5.16 Å². The van der Waals surface area contributed by atoms with Gasteiger partial charge in [-0.2, -0.15) is 0 Å². The molecule has 1 saturated heterocycles. The highest BCUT2D eigenvalue weighted by atomic mass is 32.2. The molecule has 34 heavy (non-hydrogen) atoms. The largest absolute Gasteiger partial charge is 0.325 e. The Morgan fingerprint density at radius 1 is 1.00 bits per heavy atom. The minimum Gasteiger partial charge on any atom is -0.325 e. The third-order valence-corrected chi connectivity index (χ3v) is 7.45. The van der Waals surface area contributed by atoms with Crippen molar-refractivity contribution in [3.05, 3.63) is 66.0 Å². The summed E-state index contributed by atoms with van der Waals surface area (Å²) < 4.78 is 25.2. The topological polar surface area (TPSA) is 123 Å². The van der Waals surface area contributed by atoms with Crippen LogP contribution in [0.5, 0.6) is 0 Å². The Kier molecular flexibility index (Phi) is 7.99. The van der Waals surface area contributed by atoms with Crippen molar-refractivity contribution in [1.29, 1.82) is 0 Å². The molecule has 0 saturated carbocycles. The number of aromatic nitrogens is 3. The Balaban J connectivity index is 1.45. The number of nitrogens with zero attached hydrogens (tertiary/aromatic N) is 4. The Morgan fingerprint density at radius 3 is 2.50 bits per heavy atom. The van der Waals surface area contributed by atoms with Crippen LogP contribution in [0.1, 0.15) is 30.7 Å². The smallest absolute Gasteiger partial charge is 0.238 e. The third kappa shape index (κ3) is 6.66. The van der Waals surface area contributed by atoms with E-state index in [1.54, 1.807) is 6.07 Å². The molecule has 0 atom stereocenters. The Hall–Kier alpha value is -2.73. The van der Waals surface area contributed by atoms with Crippen molar-refractivity contribution >= 4 is 33.4 Å². The lowest BCUT2D eigenvalue weighted by atomic mass is 10.1. The van der Waals surface area contributed by atoms with E-state index < -0.39 is 10.0 Å². The molecule has 0 radical (unpaired) electrons. The summed E-state index contributed by atoms with van der Waals surface area (Å²) in [6.07, 6.45) is 3.66. The van der Waals surface area contributed by atoms with Crippen LogP contribution in [0.25, 0.3) is 0 Å². The SMILES string of the molecule is NS(=O)(=O)c1cccc(NC(=O)CSc2nnc(CN3CCCCC3)n2Cc2ccccc2)c1. The molecule has 1 fully saturated rings. The van der Waals surface area contributed by atoms with Crippen LogP contribution in [-0.2, 0) is 27.9 Å². The molecular weight excluding hydrogens is 472 g/mol. The number of anilines is 1. The summed E-state index contributed by atoms with van der Waals surface area (Å²) in [5, 5.41) is 17.4. The first-order chi connectivity index (χ1) is 16.4. The van der Waals surface area contributed by atoms with E-state index in [2.05, 4.69) is 37.1 Å². The summed E-state index contributed by atoms with van der Waals surface area (Å²) in [5.41, 5.74) is 1.50. The van der Waals surface area contributed by atoms with E-state index in [1.165, 1.54) is 49.2 Å². The zero-order chi connectivity index (χ0) is 24.0. The molecule has 2 aromatic carbocycles. The number of carbonyl (C=O) groups excluding carboxylic acids is 1. The lowest BCUT2D eigenvalue weighted by Gasteiger charge is -2.26. The molecule has 1 amide bonds. The van der Waals surface area contributed by atoms with Crippen molar-refractivity contribution in [3.63, 3.8) is 0 Å². The standard InChI is InChI=1S/C23H28N6O3S2/c24-34(31,32)20-11-7-10-19(14-20)25-22(30)17-33-23-27-26-21(16-28-12-5-2-6-13-28)29(23)15-18-8-3-1-4-9-18/h1,3-4,7-11,14H,2,5-6,12-13,15-17H2,(H,25,30)(H2,24,31,32). The monoisotopic (exact) mass is 500 g/mol. The second-order valence-electron chi connectivity index (χ2n) is 8.22. The van der Waals surface area contributed by atoms with Crippen molar-refractivity contribution < 1.29 is 13.2 Å². The van der Waals surface area contributed by atoms with Gasteiger partial charge in [0.1, 0.15) is 5.82 Å². The van der Waals surface area contributed by atoms with Gasteiger partial charge in [0.2, 0.25) is 15.9 Å². The maximum absolute atomic E-state index is 12.6. The van der Waals surface area contributed by atoms with Crippen molar-refractivity contribution in [2.24, 2.45) is 5.14 Å². The third-order valence-electron chi connectivity index (χ3n) is 5.57. The maximum atomic E-state index is 12.6. The van der Waals surface area contributed by atoms with E-state index in [-0.39, 0.29) is 16.6 Å². The number of nitrogens with one attached hydrogen (secondary N) is 1. The fourth-order valence-electron chi connectivity index (χ4n) is 3.86. The van der Waals surface area contributed by atoms with E-state index in [4.69, 9.17) is 5.14 Å². The molecule has 2 heterocycles. The number of likely N-dealkylation sites (tertiary alicyclic amines) is 1. The number of rotatable bonds is 9. The van der Waals surface area contributed by atoms with Crippen LogP contribution in [0.2, 0.25) is 0 Å². The highest BCUT2D eigenvalue weighted by Gasteiger charge is 2.19. The van der Waals surface area contributed by atoms with Gasteiger partial charge in [-0.25, -0.2) is 13.6 Å². The first-order valence-electron chi connectivity index (χ1n) is 11.1. The van der Waals surface area contributed by atoms with Crippen molar-refractivity contribution in [2.45, 2.75) is 42.4 Å². The van der Waals surface area contributed by atoms with Crippen molar-refractivity contribution in [3.8, 4) is 0 Å². The van der Waals surface area contributed by atoms with E-state index in [9.17, 15) is 13.2 Å². The highest BCUT2D eigenvalue weighted by molar-refractivity contribution is 7.99. The number of hydrogen-bond donors (Lipinski definition) is 2. The molecule has 1 aliphatic heterocycles. The average molecular weight is 501 g/mol. The number of carbonyl (C=O) groups is 1. The fraction of sp³-hybridized carbons (Fsp3) is 0.348. The first-order valence-corrected chi connectivity index (χ1v) is 13.7. The fourth-order valence-corrected chi connectivity index (χ4v) is 5.18. The summed E-state index contributed by atoms with van der Waals surface area (Å²) >= 11 is 1.30. The molecule has 11 heteroatoms. The summed E-state index contributed by atoms with van der Waals surface area (Å²) in [7, 11) is -3.84. The van der Waals surface area contributed by atoms with Gasteiger partial charge in [-0.3, -0.25) is 9.69 Å². The Morgan fingerprint density at radius 2 is 1.76 bits per heavy atom. The second-order valence-corrected chi connectivity index (χ2v) is 10.7. The molecular formula is C23H28N6O3S2. The van der Waals surface area contributed by atoms with Crippen LogP contribution in [0.4, 0.5) is 5.69 Å². The summed E-state index contributed by atoms with van der Waals surface area (Å²) in [6, 6.07) is 16.0. The normalized spacial score (nSPS) is 14.7. The van der Waals surface area contributed by atoms with Gasteiger partial charge in [0.25, 0.3) is 0 Å². The van der Waals surface area contributed by atoms with Crippen LogP contribution in [0, 0.1) is 0 Å². The minimum atomic E-state index is -3.84. The lowest BCUT2D eigenvalue weighted by molar-refractivity contribution is -0.113. The van der Waals surface area contributed by atoms with Crippen molar-refractivity contribution in [2.75, 3.05) is 24.2 Å². The second kappa shape index (κ2) is 11.1. The van der Waals surface area contributed by atoms with Gasteiger partial charge in [0, 0.05) is 5.69 Å². The molecule has 0 unspecified atom stereocenters. The quantitative estimate of drug-likeness (QED) is 0.433. The minimum absolute atomic E-state index is 0.0529. The van der Waals surface area contributed by atoms with E-state index >= 15 is 0 Å². The van der Waals surface area contributed by atoms with Crippen LogP contribution < -0.4 is 10.5 Å². The predicted octanol–water partition coefficient (Wildman–Crippen LogP) is 2.69. The molecule has 1 aromatic heterocycles. The van der Waals surface area contributed by atoms with Crippen LogP contribution in [-0.4, -0.2) is 52.8 Å². The number of nitrogens with two attached hydrogens (primary N) is 1. The van der Waals surface area contributed by atoms with E-state index in [0.29, 0.717) is 17.4 Å². The summed E-state index contributed by atoms with van der Waals surface area (Å²) in [6.45, 7) is 3.46. The molecule has 3 N–H and O–H groups in total. The molecule has 1 aliphatic rings. The maximum Gasteiger partial charge on any atom is 0.238 e. The number of sulfonamides is 1. The molecule has 0 aliphatic carbocycles. The molecule has 0 bridgehead atoms. The molecule has 3 aromatic rings. The van der Waals surface area contributed by atoms with Gasteiger partial charge in [-0.1, -0.05) is 54.6 Å². The number of piperidine rings is 1. The number of hydrogen-bond acceptors (Lipinski definition) is 7. The van der Waals surface area contributed by atoms with E-state index in [0.717, 1.165) is 31.0 Å². The highest BCUT2D eigenvalue weighted by Crippen LogP contribution is 2.22. The van der Waals surface area contributed by atoms with Gasteiger partial charge >= 0.3 is 0 Å². The Labute approximate surface area is 203 Å². The van der Waals surface area contributed by atoms with E-state index in [1.807, 2.05) is 18.2 Å². The zero-order valence-electron chi connectivity index (χ0n) is 18.8. The number of benzene rings is 2. The number of primary sulfonamides is 1. The van der Waals surface area contributed by atoms with Gasteiger partial charge in [-0.05, 0) is 49.7 Å². The molecule has 0 spiro atoms. The Bertz CT molecular complexity index is 1220. The zero-order valence-corrected chi connectivity index (χ0v) is 20.4. The predicted molar refractivity (Wildman–Crippen MR) is 132 cm³/mol. The van der Waals surface area contributed by atoms with Crippen LogP contribution in [0.15, 0.2) is 64.6 Å². The van der Waals surface area contributed by atoms with Gasteiger partial charge < -0.3 is 9.88 Å². The van der Waals surface area contributed by atoms with Crippen LogP contribution >= 0.6 is 11.8 Å². The van der Waals surface area contributed by atoms with Crippen molar-refractivity contribution in [1.82, 2.24) is 19.7 Å². The van der Waals surface area contributed by atoms with Gasteiger partial charge in [0.05, 0.1) is 23.7 Å². The lowest BCUT2D eigenvalue weighted by Crippen LogP contribution is -2.30. The molecule has 9 nitrogen and oxygen atoms in total. The number of thioether (sulfide) groups is 1. The summed E-state index contributed by atoms with van der Waals surface area (Å²) in [5.74, 6) is 0.717. The average Bonchev–Trinajstić information content (AvgIpc) is 3.19.